The number of hydrogen-bond acceptors (Lipinski definition) is 11. The highest BCUT2D eigenvalue weighted by Gasteiger charge is 2.34. The molecule has 0 bridgehead atoms. The first kappa shape index (κ1) is 46.2. The number of benzene rings is 2. The Balaban J connectivity index is 1.63. The van der Waals surface area contributed by atoms with Crippen LogP contribution in [0, 0.1) is 0 Å². The van der Waals surface area contributed by atoms with Crippen LogP contribution in [-0.4, -0.2) is 122 Å². The number of aliphatic hydroxyl groups excluding tert-OH is 1. The van der Waals surface area contributed by atoms with Crippen molar-refractivity contribution in [1.82, 2.24) is 36.6 Å². The molecular weight excluding hydrogens is 801 g/mol. The fourth-order valence-corrected chi connectivity index (χ4v) is 6.84. The van der Waals surface area contributed by atoms with Gasteiger partial charge < -0.3 is 64.0 Å². The van der Waals surface area contributed by atoms with Gasteiger partial charge in [0.25, 0.3) is 0 Å². The summed E-state index contributed by atoms with van der Waals surface area (Å²) in [4.78, 5) is 110. The molecule has 2 heterocycles. The number of carbonyl (C=O) groups excluding carboxylic acids is 7. The van der Waals surface area contributed by atoms with Crippen molar-refractivity contribution in [2.75, 3.05) is 18.6 Å². The van der Waals surface area contributed by atoms with Crippen molar-refractivity contribution in [3.63, 3.8) is 0 Å². The van der Waals surface area contributed by atoms with E-state index in [1.54, 1.807) is 42.9 Å². The van der Waals surface area contributed by atoms with Gasteiger partial charge in [0.2, 0.25) is 41.4 Å². The molecule has 4 rings (SSSR count). The number of aromatic nitrogens is 2. The minimum atomic E-state index is -1.71. The third kappa shape index (κ3) is 13.0. The number of fused-ring (bicyclic) bond motifs is 2. The Bertz CT molecular complexity index is 2190. The van der Waals surface area contributed by atoms with Gasteiger partial charge in [-0.25, -0.2) is 4.79 Å². The summed E-state index contributed by atoms with van der Waals surface area (Å²) in [6.45, 7) is -0.691. The van der Waals surface area contributed by atoms with E-state index in [0.717, 1.165) is 10.9 Å². The van der Waals surface area contributed by atoms with Crippen molar-refractivity contribution in [2.45, 2.75) is 74.8 Å². The maximum Gasteiger partial charge on any atom is 0.326 e. The van der Waals surface area contributed by atoms with Gasteiger partial charge >= 0.3 is 5.97 Å². The minimum absolute atomic E-state index is 0.0310. The zero-order chi connectivity index (χ0) is 43.9. The van der Waals surface area contributed by atoms with Crippen LogP contribution < -0.4 is 43.8 Å². The van der Waals surface area contributed by atoms with Crippen molar-refractivity contribution in [2.24, 2.45) is 17.2 Å². The summed E-state index contributed by atoms with van der Waals surface area (Å²) >= 11 is 1.38. The van der Waals surface area contributed by atoms with E-state index in [0.29, 0.717) is 27.8 Å². The van der Waals surface area contributed by atoms with Gasteiger partial charge in [0.05, 0.1) is 13.0 Å². The number of primary amides is 2. The van der Waals surface area contributed by atoms with E-state index in [-0.39, 0.29) is 32.1 Å². The highest BCUT2D eigenvalue weighted by molar-refractivity contribution is 7.98. The van der Waals surface area contributed by atoms with Crippen molar-refractivity contribution >= 4 is 80.9 Å². The van der Waals surface area contributed by atoms with Crippen LogP contribution in [0.1, 0.15) is 36.8 Å². The maximum absolute atomic E-state index is 14.2. The molecule has 0 saturated heterocycles. The molecule has 21 heteroatoms. The Labute approximate surface area is 347 Å². The van der Waals surface area contributed by atoms with E-state index in [4.69, 9.17) is 17.2 Å². The van der Waals surface area contributed by atoms with Crippen LogP contribution in [0.4, 0.5) is 0 Å². The summed E-state index contributed by atoms with van der Waals surface area (Å²) in [7, 11) is 0. The molecule has 4 aromatic rings. The molecule has 20 nitrogen and oxygen atoms in total. The minimum Gasteiger partial charge on any atom is -0.480 e. The summed E-state index contributed by atoms with van der Waals surface area (Å²) in [5, 5.41) is 33.2. The second kappa shape index (κ2) is 22.1. The number of aliphatic carboxylic acids is 1. The van der Waals surface area contributed by atoms with Gasteiger partial charge in [-0.3, -0.25) is 33.6 Å². The number of thioether (sulfide) groups is 1. The Kier molecular flexibility index (Phi) is 17.0. The summed E-state index contributed by atoms with van der Waals surface area (Å²) < 4.78 is 0. The first-order valence-electron chi connectivity index (χ1n) is 18.9. The second-order valence-corrected chi connectivity index (χ2v) is 15.0. The topological polar surface area (TPSA) is 347 Å². The van der Waals surface area contributed by atoms with E-state index >= 15 is 0 Å². The number of carbonyl (C=O) groups is 8. The predicted molar refractivity (Wildman–Crippen MR) is 222 cm³/mol. The molecule has 0 unspecified atom stereocenters. The van der Waals surface area contributed by atoms with Crippen LogP contribution in [0.5, 0.6) is 0 Å². The number of aromatic amines is 2. The fourth-order valence-electron chi connectivity index (χ4n) is 6.37. The number of amides is 7. The molecule has 0 aliphatic rings. The first-order chi connectivity index (χ1) is 28.6. The smallest absolute Gasteiger partial charge is 0.326 e. The van der Waals surface area contributed by atoms with Crippen molar-refractivity contribution in [1.29, 1.82) is 0 Å². The largest absolute Gasteiger partial charge is 0.480 e. The Morgan fingerprint density at radius 1 is 0.633 bits per heavy atom. The molecule has 0 spiro atoms. The van der Waals surface area contributed by atoms with Gasteiger partial charge in [-0.15, -0.1) is 0 Å². The molecule has 322 valence electrons. The number of hydrogen-bond donors (Lipinski definition) is 12. The van der Waals surface area contributed by atoms with Gasteiger partial charge in [0, 0.05) is 53.5 Å². The molecule has 0 radical (unpaired) electrons. The average molecular weight is 851 g/mol. The van der Waals surface area contributed by atoms with E-state index in [9.17, 15) is 48.6 Å². The molecule has 7 amide bonds. The molecule has 2 aromatic carbocycles. The van der Waals surface area contributed by atoms with Crippen LogP contribution in [0.15, 0.2) is 60.9 Å². The van der Waals surface area contributed by atoms with Gasteiger partial charge in [-0.05, 0) is 48.1 Å². The summed E-state index contributed by atoms with van der Waals surface area (Å²) in [5.74, 6) is -7.43. The first-order valence-corrected chi connectivity index (χ1v) is 20.3. The second-order valence-electron chi connectivity index (χ2n) is 14.0. The zero-order valence-corrected chi connectivity index (χ0v) is 33.5. The molecule has 60 heavy (non-hydrogen) atoms. The summed E-state index contributed by atoms with van der Waals surface area (Å²) in [6.07, 6.45) is 3.45. The van der Waals surface area contributed by atoms with Crippen LogP contribution >= 0.6 is 11.8 Å². The van der Waals surface area contributed by atoms with Gasteiger partial charge in [0.1, 0.15) is 36.3 Å². The van der Waals surface area contributed by atoms with E-state index in [1.807, 2.05) is 24.3 Å². The number of nitrogens with two attached hydrogens (primary N) is 3. The highest BCUT2D eigenvalue weighted by Crippen LogP contribution is 2.21. The molecule has 0 aliphatic carbocycles. The molecule has 2 aromatic heterocycles. The summed E-state index contributed by atoms with van der Waals surface area (Å²) in [5.41, 5.74) is 19.0. The lowest BCUT2D eigenvalue weighted by Gasteiger charge is -2.27. The van der Waals surface area contributed by atoms with E-state index < -0.39 is 96.6 Å². The SMILES string of the molecule is CSCC[C@H](NC(=O)[C@H](Cc1c[nH]c2ccccc12)NC(=O)[C@@H](N)CO)C(=O)N[C@@H](Cc1c[nH]c2ccccc12)C(=O)N[C@@H](CC(N)=O)C(=O)N[C@@H](CCC(N)=O)C(=O)O. The number of rotatable bonds is 24. The van der Waals surface area contributed by atoms with Crippen LogP contribution in [-0.2, 0) is 51.2 Å². The molecule has 0 fully saturated rings. The predicted octanol–water partition coefficient (Wildman–Crippen LogP) is -1.84. The third-order valence-corrected chi connectivity index (χ3v) is 10.2. The van der Waals surface area contributed by atoms with Crippen molar-refractivity contribution < 1.29 is 48.6 Å². The lowest BCUT2D eigenvalue weighted by molar-refractivity contribution is -0.142. The number of nitrogens with one attached hydrogen (secondary N) is 7. The molecular formula is C39H50N10O10S. The Morgan fingerprint density at radius 3 is 1.57 bits per heavy atom. The quantitative estimate of drug-likeness (QED) is 0.0370. The number of carboxylic acid groups (broad SMARTS) is 1. The number of para-hydroxylation sites is 2. The highest BCUT2D eigenvalue weighted by atomic mass is 32.2. The number of carboxylic acids is 1. The van der Waals surface area contributed by atoms with Crippen molar-refractivity contribution in [3.05, 3.63) is 72.1 Å². The third-order valence-electron chi connectivity index (χ3n) is 9.57. The van der Waals surface area contributed by atoms with Crippen LogP contribution in [0.25, 0.3) is 21.8 Å². The Morgan fingerprint density at radius 2 is 1.08 bits per heavy atom. The molecule has 0 saturated carbocycles. The zero-order valence-electron chi connectivity index (χ0n) is 32.7. The normalized spacial score (nSPS) is 14.2. The van der Waals surface area contributed by atoms with Crippen molar-refractivity contribution in [3.8, 4) is 0 Å². The number of aliphatic hydroxyl groups is 1. The molecule has 15 N–H and O–H groups in total. The average Bonchev–Trinajstić information content (AvgIpc) is 3.82. The van der Waals surface area contributed by atoms with E-state index in [2.05, 4.69) is 36.6 Å². The molecule has 0 aliphatic heterocycles. The van der Waals surface area contributed by atoms with Gasteiger partial charge in [0.15, 0.2) is 0 Å². The molecule has 6 atom stereocenters. The standard InChI is InChI=1S/C39H50N10O10S/c1-60-13-12-27(45-36(55)29(47-34(53)24(40)19-50)14-20-17-43-25-8-4-2-6-22(20)25)35(54)48-30(15-21-18-44-26-9-5-3-7-23(21)26)37(56)49-31(16-33(42)52)38(57)46-28(39(58)59)10-11-32(41)51/h2-9,17-18,24,27-31,43-44,50H,10-16,19,40H2,1H3,(H2,41,51)(H2,42,52)(H,45,55)(H,46,57)(H,47,53)(H,48,54)(H,49,56)(H,58,59)/t24-,27-,28-,29-,30-,31-/m0/s1. The number of H-pyrrole nitrogens is 2. The monoisotopic (exact) mass is 850 g/mol. The maximum atomic E-state index is 14.2. The lowest BCUT2D eigenvalue weighted by Crippen LogP contribution is -2.60. The van der Waals surface area contributed by atoms with Crippen LogP contribution in [0.2, 0.25) is 0 Å². The van der Waals surface area contributed by atoms with Crippen LogP contribution in [0.3, 0.4) is 0 Å². The Hall–Kier alpha value is -6.45. The summed E-state index contributed by atoms with van der Waals surface area (Å²) in [6, 6.07) is 5.78. The van der Waals surface area contributed by atoms with E-state index in [1.165, 1.54) is 11.8 Å². The van der Waals surface area contributed by atoms with Gasteiger partial charge in [-0.2, -0.15) is 11.8 Å². The fraction of sp³-hybridized carbons (Fsp3) is 0.385. The lowest BCUT2D eigenvalue weighted by atomic mass is 10.0. The van der Waals surface area contributed by atoms with Gasteiger partial charge in [-0.1, -0.05) is 36.4 Å².